The highest BCUT2D eigenvalue weighted by atomic mass is 16.1. The molecule has 1 aliphatic rings. The van der Waals surface area contributed by atoms with Gasteiger partial charge in [0, 0.05) is 36.4 Å². The van der Waals surface area contributed by atoms with E-state index in [1.54, 1.807) is 6.92 Å². The summed E-state index contributed by atoms with van der Waals surface area (Å²) in [4.78, 5) is 17.0. The molecule has 1 aliphatic heterocycles. The van der Waals surface area contributed by atoms with Crippen LogP contribution in [0.1, 0.15) is 74.6 Å². The highest BCUT2D eigenvalue weighted by molar-refractivity contribution is 5.98. The lowest BCUT2D eigenvalue weighted by atomic mass is 9.99. The molecule has 0 unspecified atom stereocenters. The zero-order chi connectivity index (χ0) is 22.6. The molecule has 2 aromatic rings. The first-order chi connectivity index (χ1) is 14.2. The number of piperidine rings is 1. The van der Waals surface area contributed by atoms with Gasteiger partial charge in [0.2, 0.25) is 0 Å². The number of allylic oxidation sites excluding steroid dienone is 2. The van der Waals surface area contributed by atoms with Gasteiger partial charge in [0.25, 0.3) is 0 Å². The van der Waals surface area contributed by atoms with Gasteiger partial charge in [0.1, 0.15) is 0 Å². The first-order valence-electron chi connectivity index (χ1n) is 11.1. The molecule has 3 heterocycles. The third-order valence-electron chi connectivity index (χ3n) is 6.26. The number of fused-ring (bicyclic) bond motifs is 1. The van der Waals surface area contributed by atoms with E-state index < -0.39 is 0 Å². The van der Waals surface area contributed by atoms with Crippen LogP contribution in [0.5, 0.6) is 0 Å². The minimum atomic E-state index is 0.103. The number of ketones is 1. The van der Waals surface area contributed by atoms with Gasteiger partial charge in [-0.05, 0) is 83.5 Å². The molecule has 30 heavy (non-hydrogen) atoms. The van der Waals surface area contributed by atoms with Crippen molar-refractivity contribution in [1.82, 2.24) is 14.2 Å². The van der Waals surface area contributed by atoms with E-state index in [0.29, 0.717) is 6.04 Å². The van der Waals surface area contributed by atoms with Crippen molar-refractivity contribution in [2.45, 2.75) is 60.4 Å². The number of Topliss-reactive ketones (excluding diaryl/α,β-unsaturated/α-hetero) is 1. The summed E-state index contributed by atoms with van der Waals surface area (Å²) in [6, 6.07) is 4.80. The summed E-state index contributed by atoms with van der Waals surface area (Å²) in [5, 5.41) is 0. The quantitative estimate of drug-likeness (QED) is 0.576. The van der Waals surface area contributed by atoms with Crippen molar-refractivity contribution in [3.63, 3.8) is 0 Å². The Balaban J connectivity index is 0.00000155. The van der Waals surface area contributed by atoms with Crippen LogP contribution >= 0.6 is 0 Å². The average molecular weight is 410 g/mol. The number of rotatable bonds is 5. The molecule has 0 atom stereocenters. The molecular formula is C26H39N3O. The molecule has 0 aromatic carbocycles. The number of likely N-dealkylation sites (tertiary alicyclic amines) is 1. The van der Waals surface area contributed by atoms with Crippen LogP contribution in [0.15, 0.2) is 31.0 Å². The van der Waals surface area contributed by atoms with Crippen molar-refractivity contribution in [2.24, 2.45) is 0 Å². The maximum Gasteiger partial charge on any atom is 0.160 e. The molecule has 1 saturated heterocycles. The second kappa shape index (κ2) is 10.1. The van der Waals surface area contributed by atoms with E-state index in [4.69, 9.17) is 0 Å². The minimum absolute atomic E-state index is 0.103. The first-order valence-corrected chi connectivity index (χ1v) is 11.1. The summed E-state index contributed by atoms with van der Waals surface area (Å²) in [5.74, 6) is 0.103. The fourth-order valence-electron chi connectivity index (χ4n) is 4.25. The Morgan fingerprint density at radius 2 is 1.77 bits per heavy atom. The van der Waals surface area contributed by atoms with Gasteiger partial charge in [-0.25, -0.2) is 0 Å². The summed E-state index contributed by atoms with van der Waals surface area (Å²) >= 11 is 0. The van der Waals surface area contributed by atoms with Crippen LogP contribution in [0.4, 0.5) is 0 Å². The van der Waals surface area contributed by atoms with Gasteiger partial charge >= 0.3 is 0 Å². The van der Waals surface area contributed by atoms with Crippen molar-refractivity contribution in [2.75, 3.05) is 27.2 Å². The number of nitrogens with zero attached hydrogens (tertiary/aromatic N) is 3. The van der Waals surface area contributed by atoms with Crippen LogP contribution in [0, 0.1) is 6.92 Å². The topological polar surface area (TPSA) is 28.0 Å². The van der Waals surface area contributed by atoms with E-state index in [1.165, 1.54) is 11.1 Å². The van der Waals surface area contributed by atoms with E-state index in [-0.39, 0.29) is 5.78 Å². The SMILES string of the molecule is C=C(c1c(C)c(C(C)=O)cc2cc(/C(C)=C/C)cn12)N1CCC(N(C)C)CC1.CC. The predicted molar refractivity (Wildman–Crippen MR) is 130 cm³/mol. The number of carbonyl (C=O) groups is 1. The molecule has 3 rings (SSSR count). The molecular weight excluding hydrogens is 370 g/mol. The number of carbonyl (C=O) groups excluding carboxylic acids is 1. The molecule has 0 N–H and O–H groups in total. The van der Waals surface area contributed by atoms with Crippen LogP contribution in [0.25, 0.3) is 16.8 Å². The fraction of sp³-hybridized carbons (Fsp3) is 0.500. The van der Waals surface area contributed by atoms with E-state index in [1.807, 2.05) is 26.8 Å². The minimum Gasteiger partial charge on any atom is -0.370 e. The zero-order valence-corrected chi connectivity index (χ0v) is 20.2. The van der Waals surface area contributed by atoms with E-state index in [9.17, 15) is 4.79 Å². The van der Waals surface area contributed by atoms with Crippen LogP contribution in [0.3, 0.4) is 0 Å². The summed E-state index contributed by atoms with van der Waals surface area (Å²) in [6.45, 7) is 18.3. The second-order valence-corrected chi connectivity index (χ2v) is 8.21. The molecule has 4 nitrogen and oxygen atoms in total. The smallest absolute Gasteiger partial charge is 0.160 e. The number of pyridine rings is 1. The summed E-state index contributed by atoms with van der Waals surface area (Å²) in [7, 11) is 4.31. The fourth-order valence-corrected chi connectivity index (χ4v) is 4.25. The van der Waals surface area contributed by atoms with Crippen LogP contribution in [-0.2, 0) is 0 Å². The highest BCUT2D eigenvalue weighted by Gasteiger charge is 2.25. The average Bonchev–Trinajstić information content (AvgIpc) is 3.17. The molecule has 2 aromatic heterocycles. The lowest BCUT2D eigenvalue weighted by Crippen LogP contribution is -2.41. The van der Waals surface area contributed by atoms with Crippen molar-refractivity contribution in [3.05, 3.63) is 53.4 Å². The van der Waals surface area contributed by atoms with Gasteiger partial charge in [-0.2, -0.15) is 0 Å². The molecule has 1 fully saturated rings. The standard InChI is InChI=1S/C24H33N3O.C2H6/c1-8-16(2)20-13-22-14-23(19(5)28)17(3)24(27(22)15-20)18(4)26-11-9-21(10-12-26)25(6)7;1-2/h8,13-15,21H,4,9-12H2,1-3,5-7H3;1-2H3/b16-8+;. The van der Waals surface area contributed by atoms with Gasteiger partial charge in [0.05, 0.1) is 11.4 Å². The molecule has 0 spiro atoms. The maximum absolute atomic E-state index is 12.3. The predicted octanol–water partition coefficient (Wildman–Crippen LogP) is 5.90. The highest BCUT2D eigenvalue weighted by Crippen LogP contribution is 2.31. The van der Waals surface area contributed by atoms with Crippen molar-refractivity contribution >= 4 is 22.6 Å². The number of hydrogen-bond acceptors (Lipinski definition) is 3. The first kappa shape index (κ1) is 23.9. The molecule has 164 valence electrons. The Bertz CT molecular complexity index is 941. The molecule has 0 saturated carbocycles. The van der Waals surface area contributed by atoms with Gasteiger partial charge in [-0.15, -0.1) is 0 Å². The lowest BCUT2D eigenvalue weighted by Gasteiger charge is -2.38. The Kier molecular flexibility index (Phi) is 8.08. The van der Waals surface area contributed by atoms with Crippen molar-refractivity contribution < 1.29 is 4.79 Å². The normalized spacial score (nSPS) is 15.4. The second-order valence-electron chi connectivity index (χ2n) is 8.21. The Morgan fingerprint density at radius 1 is 1.17 bits per heavy atom. The Morgan fingerprint density at radius 3 is 2.27 bits per heavy atom. The Labute approximate surface area is 182 Å². The van der Waals surface area contributed by atoms with Crippen molar-refractivity contribution in [3.8, 4) is 0 Å². The van der Waals surface area contributed by atoms with Crippen LogP contribution in [-0.4, -0.2) is 53.2 Å². The third-order valence-corrected chi connectivity index (χ3v) is 6.26. The number of aromatic nitrogens is 1. The van der Waals surface area contributed by atoms with Gasteiger partial charge in [-0.1, -0.05) is 26.5 Å². The van der Waals surface area contributed by atoms with Crippen LogP contribution in [0.2, 0.25) is 0 Å². The summed E-state index contributed by atoms with van der Waals surface area (Å²) in [6.07, 6.45) is 6.56. The summed E-state index contributed by atoms with van der Waals surface area (Å²) in [5.41, 5.74) is 7.34. The molecule has 0 amide bonds. The van der Waals surface area contributed by atoms with Gasteiger partial charge < -0.3 is 14.2 Å². The zero-order valence-electron chi connectivity index (χ0n) is 20.2. The summed E-state index contributed by atoms with van der Waals surface area (Å²) < 4.78 is 2.21. The molecule has 4 heteroatoms. The monoisotopic (exact) mass is 409 g/mol. The van der Waals surface area contributed by atoms with Crippen LogP contribution < -0.4 is 0 Å². The van der Waals surface area contributed by atoms with Crippen molar-refractivity contribution in [1.29, 1.82) is 0 Å². The van der Waals surface area contributed by atoms with Gasteiger partial charge in [0.15, 0.2) is 5.78 Å². The molecule has 0 aliphatic carbocycles. The van der Waals surface area contributed by atoms with E-state index in [2.05, 4.69) is 67.1 Å². The van der Waals surface area contributed by atoms with Gasteiger partial charge in [-0.3, -0.25) is 4.79 Å². The maximum atomic E-state index is 12.3. The molecule has 0 bridgehead atoms. The molecule has 0 radical (unpaired) electrons. The Hall–Kier alpha value is -2.33. The van der Waals surface area contributed by atoms with E-state index in [0.717, 1.165) is 54.0 Å². The largest absolute Gasteiger partial charge is 0.370 e. The van der Waals surface area contributed by atoms with E-state index >= 15 is 0 Å². The number of hydrogen-bond donors (Lipinski definition) is 0. The lowest BCUT2D eigenvalue weighted by molar-refractivity contribution is 0.101. The third kappa shape index (κ3) is 4.70.